The van der Waals surface area contributed by atoms with Gasteiger partial charge in [0.25, 0.3) is 11.8 Å². The predicted molar refractivity (Wildman–Crippen MR) is 108 cm³/mol. The SMILES string of the molecule is O.O=C(NCCc1ccccn1)c1cccc(C(=O)NCCc2ccccn2)n1. The first-order chi connectivity index (χ1) is 13.7. The van der Waals surface area contributed by atoms with Crippen LogP contribution in [-0.4, -0.2) is 45.3 Å². The van der Waals surface area contributed by atoms with Gasteiger partial charge in [0, 0.05) is 49.7 Å². The van der Waals surface area contributed by atoms with Crippen LogP contribution in [0.15, 0.2) is 67.0 Å². The van der Waals surface area contributed by atoms with Crippen molar-refractivity contribution in [1.29, 1.82) is 0 Å². The van der Waals surface area contributed by atoms with Crippen molar-refractivity contribution in [2.45, 2.75) is 12.8 Å². The number of rotatable bonds is 8. The zero-order valence-electron chi connectivity index (χ0n) is 15.8. The molecule has 0 aromatic carbocycles. The van der Waals surface area contributed by atoms with E-state index in [1.54, 1.807) is 30.6 Å². The summed E-state index contributed by atoms with van der Waals surface area (Å²) in [6.07, 6.45) is 4.68. The van der Waals surface area contributed by atoms with Gasteiger partial charge >= 0.3 is 0 Å². The fourth-order valence-electron chi connectivity index (χ4n) is 2.57. The average molecular weight is 393 g/mol. The molecular formula is C21H23N5O3. The summed E-state index contributed by atoms with van der Waals surface area (Å²) in [4.78, 5) is 37.1. The molecule has 4 N–H and O–H groups in total. The van der Waals surface area contributed by atoms with Gasteiger partial charge in [-0.3, -0.25) is 19.6 Å². The van der Waals surface area contributed by atoms with Gasteiger partial charge in [-0.2, -0.15) is 0 Å². The first-order valence-electron chi connectivity index (χ1n) is 9.05. The minimum Gasteiger partial charge on any atom is -0.412 e. The third kappa shape index (κ3) is 6.78. The van der Waals surface area contributed by atoms with Crippen molar-refractivity contribution in [3.63, 3.8) is 0 Å². The van der Waals surface area contributed by atoms with Gasteiger partial charge in [-0.15, -0.1) is 0 Å². The van der Waals surface area contributed by atoms with Crippen LogP contribution in [0, 0.1) is 0 Å². The number of nitrogens with one attached hydrogen (secondary N) is 2. The Hall–Kier alpha value is -3.65. The summed E-state index contributed by atoms with van der Waals surface area (Å²) in [6.45, 7) is 0.885. The Kier molecular flexibility index (Phi) is 8.40. The van der Waals surface area contributed by atoms with Crippen LogP contribution >= 0.6 is 0 Å². The predicted octanol–water partition coefficient (Wildman–Crippen LogP) is 0.992. The second-order valence-corrected chi connectivity index (χ2v) is 6.06. The molecule has 0 aliphatic carbocycles. The molecule has 0 saturated heterocycles. The zero-order chi connectivity index (χ0) is 19.6. The van der Waals surface area contributed by atoms with E-state index in [2.05, 4.69) is 25.6 Å². The second kappa shape index (κ2) is 11.3. The van der Waals surface area contributed by atoms with Gasteiger partial charge in [-0.05, 0) is 36.4 Å². The lowest BCUT2D eigenvalue weighted by Crippen LogP contribution is -2.29. The molecule has 29 heavy (non-hydrogen) atoms. The maximum absolute atomic E-state index is 12.3. The molecule has 150 valence electrons. The van der Waals surface area contributed by atoms with E-state index in [9.17, 15) is 9.59 Å². The van der Waals surface area contributed by atoms with Crippen LogP contribution < -0.4 is 10.6 Å². The summed E-state index contributed by atoms with van der Waals surface area (Å²) in [6, 6.07) is 16.1. The lowest BCUT2D eigenvalue weighted by atomic mass is 10.2. The third-order valence-corrected chi connectivity index (χ3v) is 4.00. The molecule has 0 atom stereocenters. The Bertz CT molecular complexity index is 847. The first kappa shape index (κ1) is 21.6. The number of pyridine rings is 3. The topological polar surface area (TPSA) is 128 Å². The van der Waals surface area contributed by atoms with Crippen molar-refractivity contribution in [2.75, 3.05) is 13.1 Å². The van der Waals surface area contributed by atoms with Gasteiger partial charge in [0.2, 0.25) is 0 Å². The molecule has 3 aromatic rings. The van der Waals surface area contributed by atoms with E-state index >= 15 is 0 Å². The standard InChI is InChI=1S/C21H21N5O2.H2O/c27-20(24-14-10-16-6-1-3-12-22-16)18-8-5-9-19(26-18)21(28)25-15-11-17-7-2-4-13-23-17;/h1-9,12-13H,10-11,14-15H2,(H,24,27)(H,25,28);1H2. The number of amides is 2. The largest absolute Gasteiger partial charge is 0.412 e. The van der Waals surface area contributed by atoms with E-state index in [-0.39, 0.29) is 28.7 Å². The normalized spacial score (nSPS) is 9.93. The molecule has 0 unspecified atom stereocenters. The highest BCUT2D eigenvalue weighted by Crippen LogP contribution is 2.01. The molecule has 3 heterocycles. The average Bonchev–Trinajstić information content (AvgIpc) is 2.75. The lowest BCUT2D eigenvalue weighted by molar-refractivity contribution is 0.0945. The van der Waals surface area contributed by atoms with E-state index in [0.717, 1.165) is 11.4 Å². The monoisotopic (exact) mass is 393 g/mol. The van der Waals surface area contributed by atoms with Gasteiger partial charge < -0.3 is 16.1 Å². The molecule has 0 saturated carbocycles. The minimum absolute atomic E-state index is 0. The molecule has 0 fully saturated rings. The number of aromatic nitrogens is 3. The van der Waals surface area contributed by atoms with Crippen molar-refractivity contribution in [3.8, 4) is 0 Å². The smallest absolute Gasteiger partial charge is 0.269 e. The number of carbonyl (C=O) groups excluding carboxylic acids is 2. The quantitative estimate of drug-likeness (QED) is 0.590. The van der Waals surface area contributed by atoms with Crippen LogP contribution in [0.2, 0.25) is 0 Å². The molecule has 0 aliphatic rings. The van der Waals surface area contributed by atoms with Crippen molar-refractivity contribution < 1.29 is 15.1 Å². The minimum atomic E-state index is -0.320. The van der Waals surface area contributed by atoms with Crippen molar-refractivity contribution in [2.24, 2.45) is 0 Å². The van der Waals surface area contributed by atoms with E-state index < -0.39 is 0 Å². The Morgan fingerprint density at radius 1 is 0.690 bits per heavy atom. The molecule has 0 bridgehead atoms. The highest BCUT2D eigenvalue weighted by atomic mass is 16.2. The molecule has 8 heteroatoms. The van der Waals surface area contributed by atoms with Gasteiger partial charge in [0.05, 0.1) is 0 Å². The summed E-state index contributed by atoms with van der Waals surface area (Å²) in [5.74, 6) is -0.641. The Labute approximate surface area is 168 Å². The number of hydrogen-bond acceptors (Lipinski definition) is 5. The van der Waals surface area contributed by atoms with Gasteiger partial charge in [-0.25, -0.2) is 4.98 Å². The van der Waals surface area contributed by atoms with Gasteiger partial charge in [-0.1, -0.05) is 18.2 Å². The molecule has 3 aromatic heterocycles. The van der Waals surface area contributed by atoms with E-state index in [1.807, 2.05) is 36.4 Å². The molecule has 0 aliphatic heterocycles. The molecule has 0 spiro atoms. The van der Waals surface area contributed by atoms with Crippen LogP contribution in [0.1, 0.15) is 32.4 Å². The number of hydrogen-bond donors (Lipinski definition) is 2. The Morgan fingerprint density at radius 2 is 1.17 bits per heavy atom. The highest BCUT2D eigenvalue weighted by molar-refractivity contribution is 5.96. The van der Waals surface area contributed by atoms with Crippen LogP contribution in [0.4, 0.5) is 0 Å². The van der Waals surface area contributed by atoms with E-state index in [0.29, 0.717) is 25.9 Å². The molecule has 8 nitrogen and oxygen atoms in total. The Balaban J connectivity index is 0.00000300. The summed E-state index contributed by atoms with van der Waals surface area (Å²) in [5, 5.41) is 5.59. The van der Waals surface area contributed by atoms with Crippen LogP contribution in [-0.2, 0) is 12.8 Å². The fraction of sp³-hybridized carbons (Fsp3) is 0.190. The highest BCUT2D eigenvalue weighted by Gasteiger charge is 2.12. The van der Waals surface area contributed by atoms with Gasteiger partial charge in [0.1, 0.15) is 11.4 Å². The molecular weight excluding hydrogens is 370 g/mol. The third-order valence-electron chi connectivity index (χ3n) is 4.00. The molecule has 2 amide bonds. The first-order valence-corrected chi connectivity index (χ1v) is 9.05. The maximum Gasteiger partial charge on any atom is 0.269 e. The van der Waals surface area contributed by atoms with Crippen LogP contribution in [0.25, 0.3) is 0 Å². The van der Waals surface area contributed by atoms with Crippen LogP contribution in [0.5, 0.6) is 0 Å². The maximum atomic E-state index is 12.3. The van der Waals surface area contributed by atoms with Gasteiger partial charge in [0.15, 0.2) is 0 Å². The van der Waals surface area contributed by atoms with Crippen molar-refractivity contribution in [3.05, 3.63) is 89.8 Å². The van der Waals surface area contributed by atoms with E-state index in [1.165, 1.54) is 0 Å². The fourth-order valence-corrected chi connectivity index (χ4v) is 2.57. The van der Waals surface area contributed by atoms with E-state index in [4.69, 9.17) is 0 Å². The van der Waals surface area contributed by atoms with Crippen molar-refractivity contribution >= 4 is 11.8 Å². The summed E-state index contributed by atoms with van der Waals surface area (Å²) in [5.41, 5.74) is 2.21. The summed E-state index contributed by atoms with van der Waals surface area (Å²) < 4.78 is 0. The summed E-state index contributed by atoms with van der Waals surface area (Å²) in [7, 11) is 0. The summed E-state index contributed by atoms with van der Waals surface area (Å²) >= 11 is 0. The zero-order valence-corrected chi connectivity index (χ0v) is 15.8. The van der Waals surface area contributed by atoms with Crippen LogP contribution in [0.3, 0.4) is 0 Å². The number of nitrogens with zero attached hydrogens (tertiary/aromatic N) is 3. The Morgan fingerprint density at radius 3 is 1.59 bits per heavy atom. The molecule has 3 rings (SSSR count). The van der Waals surface area contributed by atoms with Crippen molar-refractivity contribution in [1.82, 2.24) is 25.6 Å². The second-order valence-electron chi connectivity index (χ2n) is 6.06. The number of carbonyl (C=O) groups is 2. The lowest BCUT2D eigenvalue weighted by Gasteiger charge is -2.07. The molecule has 0 radical (unpaired) electrons.